The third-order valence-corrected chi connectivity index (χ3v) is 3.47. The van der Waals surface area contributed by atoms with Gasteiger partial charge in [-0.2, -0.15) is 0 Å². The first kappa shape index (κ1) is 16.7. The molecule has 0 heterocycles. The van der Waals surface area contributed by atoms with Crippen molar-refractivity contribution in [1.29, 1.82) is 0 Å². The number of rotatable bonds is 8. The van der Waals surface area contributed by atoms with Gasteiger partial charge < -0.3 is 14.4 Å². The topological polar surface area (TPSA) is 46.6 Å². The number of amides is 1. The molecule has 0 N–H and O–H groups in total. The summed E-state index contributed by atoms with van der Waals surface area (Å²) in [4.78, 5) is 24.8. The van der Waals surface area contributed by atoms with Gasteiger partial charge in [-0.1, -0.05) is 36.4 Å². The van der Waals surface area contributed by atoms with Crippen LogP contribution in [0.2, 0.25) is 0 Å². The van der Waals surface area contributed by atoms with Crippen LogP contribution in [0.3, 0.4) is 0 Å². The van der Waals surface area contributed by atoms with Crippen LogP contribution in [0.1, 0.15) is 29.3 Å². The van der Waals surface area contributed by atoms with E-state index >= 15 is 0 Å². The molecule has 2 aromatic rings. The molecular formula is C19H21NO3. The first-order valence-electron chi connectivity index (χ1n) is 7.74. The van der Waals surface area contributed by atoms with E-state index < -0.39 is 0 Å². The summed E-state index contributed by atoms with van der Waals surface area (Å²) >= 11 is 0. The Kier molecular flexibility index (Phi) is 6.36. The molecular weight excluding hydrogens is 290 g/mol. The smallest absolute Gasteiger partial charge is 0.254 e. The Morgan fingerprint density at radius 1 is 1.13 bits per heavy atom. The van der Waals surface area contributed by atoms with Gasteiger partial charge in [0.05, 0.1) is 6.61 Å². The van der Waals surface area contributed by atoms with Gasteiger partial charge in [0.15, 0.2) is 0 Å². The Balaban J connectivity index is 2.07. The number of hydrogen-bond donors (Lipinski definition) is 0. The molecule has 0 aliphatic carbocycles. The highest BCUT2D eigenvalue weighted by Crippen LogP contribution is 2.16. The maximum absolute atomic E-state index is 12.7. The van der Waals surface area contributed by atoms with Crippen molar-refractivity contribution in [2.75, 3.05) is 13.2 Å². The minimum Gasteiger partial charge on any atom is -0.493 e. The van der Waals surface area contributed by atoms with Crippen LogP contribution in [0.4, 0.5) is 0 Å². The van der Waals surface area contributed by atoms with E-state index in [-0.39, 0.29) is 5.91 Å². The van der Waals surface area contributed by atoms with E-state index in [9.17, 15) is 9.59 Å². The molecule has 0 unspecified atom stereocenters. The average Bonchev–Trinajstić information content (AvgIpc) is 2.60. The highest BCUT2D eigenvalue weighted by Gasteiger charge is 2.15. The predicted octanol–water partition coefficient (Wildman–Crippen LogP) is 3.32. The zero-order valence-corrected chi connectivity index (χ0v) is 13.3. The van der Waals surface area contributed by atoms with Gasteiger partial charge in [-0.3, -0.25) is 4.79 Å². The third-order valence-electron chi connectivity index (χ3n) is 3.47. The van der Waals surface area contributed by atoms with E-state index in [1.807, 2.05) is 37.3 Å². The van der Waals surface area contributed by atoms with E-state index in [4.69, 9.17) is 4.74 Å². The molecule has 0 atom stereocenters. The zero-order valence-electron chi connectivity index (χ0n) is 13.3. The van der Waals surface area contributed by atoms with Crippen LogP contribution in [0.5, 0.6) is 5.75 Å². The van der Waals surface area contributed by atoms with Crippen molar-refractivity contribution < 1.29 is 14.3 Å². The molecule has 0 radical (unpaired) electrons. The maximum atomic E-state index is 12.7. The van der Waals surface area contributed by atoms with E-state index in [1.54, 1.807) is 29.2 Å². The number of carbonyl (C=O) groups is 2. The molecule has 23 heavy (non-hydrogen) atoms. The number of nitrogens with zero attached hydrogens (tertiary/aromatic N) is 1. The second kappa shape index (κ2) is 8.73. The summed E-state index contributed by atoms with van der Waals surface area (Å²) in [5.41, 5.74) is 1.69. The molecule has 0 aromatic heterocycles. The standard InChI is InChI=1S/C19H21NO3/c1-2-20(15-16-8-4-3-5-9-16)19(22)17-10-6-11-18(14-17)23-13-7-12-21/h3-6,8-12,14H,2,7,13,15H2,1H3. The first-order valence-corrected chi connectivity index (χ1v) is 7.74. The minimum atomic E-state index is -0.0304. The number of hydrogen-bond acceptors (Lipinski definition) is 3. The SMILES string of the molecule is CCN(Cc1ccccc1)C(=O)c1cccc(OCCC=O)c1. The molecule has 0 aliphatic heterocycles. The summed E-state index contributed by atoms with van der Waals surface area (Å²) in [7, 11) is 0. The Morgan fingerprint density at radius 2 is 1.91 bits per heavy atom. The van der Waals surface area contributed by atoms with Crippen molar-refractivity contribution in [1.82, 2.24) is 4.90 Å². The van der Waals surface area contributed by atoms with Crippen LogP contribution in [-0.4, -0.2) is 30.2 Å². The van der Waals surface area contributed by atoms with E-state index in [0.717, 1.165) is 11.8 Å². The van der Waals surface area contributed by atoms with Gasteiger partial charge in [0.25, 0.3) is 5.91 Å². The molecule has 4 heteroatoms. The summed E-state index contributed by atoms with van der Waals surface area (Å²) in [6.07, 6.45) is 1.15. The van der Waals surface area contributed by atoms with Crippen LogP contribution < -0.4 is 4.74 Å². The fourth-order valence-corrected chi connectivity index (χ4v) is 2.26. The minimum absolute atomic E-state index is 0.0304. The molecule has 0 saturated carbocycles. The Labute approximate surface area is 136 Å². The van der Waals surface area contributed by atoms with Crippen LogP contribution >= 0.6 is 0 Å². The molecule has 0 aliphatic rings. The molecule has 2 rings (SSSR count). The maximum Gasteiger partial charge on any atom is 0.254 e. The molecule has 0 saturated heterocycles. The fraction of sp³-hybridized carbons (Fsp3) is 0.263. The summed E-state index contributed by atoms with van der Waals surface area (Å²) in [6, 6.07) is 17.0. The van der Waals surface area contributed by atoms with Crippen molar-refractivity contribution in [3.05, 3.63) is 65.7 Å². The second-order valence-electron chi connectivity index (χ2n) is 5.14. The molecule has 0 bridgehead atoms. The van der Waals surface area contributed by atoms with Gasteiger partial charge in [0.1, 0.15) is 12.0 Å². The van der Waals surface area contributed by atoms with Gasteiger partial charge in [-0.15, -0.1) is 0 Å². The van der Waals surface area contributed by atoms with Crippen molar-refractivity contribution in [2.45, 2.75) is 19.9 Å². The molecule has 2 aromatic carbocycles. The molecule has 0 fully saturated rings. The van der Waals surface area contributed by atoms with E-state index in [0.29, 0.717) is 37.4 Å². The monoisotopic (exact) mass is 311 g/mol. The third kappa shape index (κ3) is 4.95. The van der Waals surface area contributed by atoms with Gasteiger partial charge in [-0.25, -0.2) is 0 Å². The highest BCUT2D eigenvalue weighted by molar-refractivity contribution is 5.94. The van der Waals surface area contributed by atoms with Gasteiger partial charge in [-0.05, 0) is 30.7 Å². The summed E-state index contributed by atoms with van der Waals surface area (Å²) in [6.45, 7) is 3.49. The zero-order chi connectivity index (χ0) is 16.5. The lowest BCUT2D eigenvalue weighted by Gasteiger charge is -2.21. The summed E-state index contributed by atoms with van der Waals surface area (Å²) < 4.78 is 5.47. The van der Waals surface area contributed by atoms with Gasteiger partial charge in [0, 0.05) is 25.1 Å². The Morgan fingerprint density at radius 3 is 2.61 bits per heavy atom. The van der Waals surface area contributed by atoms with Crippen molar-refractivity contribution in [2.24, 2.45) is 0 Å². The van der Waals surface area contributed by atoms with Crippen LogP contribution in [-0.2, 0) is 11.3 Å². The highest BCUT2D eigenvalue weighted by atomic mass is 16.5. The van der Waals surface area contributed by atoms with Gasteiger partial charge in [0.2, 0.25) is 0 Å². The lowest BCUT2D eigenvalue weighted by molar-refractivity contribution is -0.108. The fourth-order valence-electron chi connectivity index (χ4n) is 2.26. The lowest BCUT2D eigenvalue weighted by atomic mass is 10.1. The largest absolute Gasteiger partial charge is 0.493 e. The van der Waals surface area contributed by atoms with Crippen LogP contribution in [0.15, 0.2) is 54.6 Å². The predicted molar refractivity (Wildman–Crippen MR) is 89.5 cm³/mol. The summed E-state index contributed by atoms with van der Waals surface area (Å²) in [5, 5.41) is 0. The Bertz CT molecular complexity index is 640. The normalized spacial score (nSPS) is 10.1. The first-order chi connectivity index (χ1) is 11.2. The van der Waals surface area contributed by atoms with Crippen LogP contribution in [0, 0.1) is 0 Å². The van der Waals surface area contributed by atoms with Crippen molar-refractivity contribution in [3.8, 4) is 5.75 Å². The number of carbonyl (C=O) groups excluding carboxylic acids is 2. The van der Waals surface area contributed by atoms with E-state index in [1.165, 1.54) is 0 Å². The van der Waals surface area contributed by atoms with Crippen molar-refractivity contribution in [3.63, 3.8) is 0 Å². The second-order valence-corrected chi connectivity index (χ2v) is 5.14. The number of ether oxygens (including phenoxy) is 1. The van der Waals surface area contributed by atoms with E-state index in [2.05, 4.69) is 0 Å². The molecule has 1 amide bonds. The molecule has 4 nitrogen and oxygen atoms in total. The van der Waals surface area contributed by atoms with Crippen molar-refractivity contribution >= 4 is 12.2 Å². The molecule has 0 spiro atoms. The lowest BCUT2D eigenvalue weighted by Crippen LogP contribution is -2.30. The number of benzene rings is 2. The summed E-state index contributed by atoms with van der Waals surface area (Å²) in [5.74, 6) is 0.575. The quantitative estimate of drug-likeness (QED) is 0.555. The Hall–Kier alpha value is -2.62. The van der Waals surface area contributed by atoms with Gasteiger partial charge >= 0.3 is 0 Å². The molecule has 120 valence electrons. The average molecular weight is 311 g/mol. The van der Waals surface area contributed by atoms with Crippen LogP contribution in [0.25, 0.3) is 0 Å². The number of aldehydes is 1.